The second kappa shape index (κ2) is 7.46. The van der Waals surface area contributed by atoms with E-state index in [0.29, 0.717) is 18.2 Å². The molecule has 2 aromatic heterocycles. The maximum Gasteiger partial charge on any atom is 0.230 e. The highest BCUT2D eigenvalue weighted by atomic mass is 16.2. The number of amides is 2. The molecule has 1 aliphatic rings. The third-order valence-corrected chi connectivity index (χ3v) is 5.27. The Labute approximate surface area is 168 Å². The molecule has 1 fully saturated rings. The number of benzene rings is 1. The topological polar surface area (TPSA) is 93.0 Å². The van der Waals surface area contributed by atoms with Crippen molar-refractivity contribution in [1.82, 2.24) is 19.5 Å². The molecule has 0 spiro atoms. The van der Waals surface area contributed by atoms with E-state index in [2.05, 4.69) is 20.3 Å². The van der Waals surface area contributed by atoms with Gasteiger partial charge in [-0.2, -0.15) is 0 Å². The minimum absolute atomic E-state index is 0.0502. The van der Waals surface area contributed by atoms with E-state index in [-0.39, 0.29) is 18.2 Å². The minimum atomic E-state index is -0.433. The van der Waals surface area contributed by atoms with Gasteiger partial charge in [0.1, 0.15) is 23.8 Å². The Kier molecular flexibility index (Phi) is 4.84. The van der Waals surface area contributed by atoms with Gasteiger partial charge in [0, 0.05) is 37.1 Å². The van der Waals surface area contributed by atoms with Crippen molar-refractivity contribution in [2.24, 2.45) is 5.92 Å². The molecule has 1 N–H and O–H groups in total. The fraction of sp³-hybridized carbons (Fsp3) is 0.286. The molecular weight excluding hydrogens is 368 g/mol. The van der Waals surface area contributed by atoms with Crippen LogP contribution in [0.1, 0.15) is 23.4 Å². The predicted molar refractivity (Wildman–Crippen MR) is 109 cm³/mol. The largest absolute Gasteiger partial charge is 0.312 e. The van der Waals surface area contributed by atoms with Crippen LogP contribution >= 0.6 is 0 Å². The average molecular weight is 390 g/mol. The molecule has 1 aromatic carbocycles. The molecule has 148 valence electrons. The highest BCUT2D eigenvalue weighted by Gasteiger charge is 2.35. The van der Waals surface area contributed by atoms with Crippen molar-refractivity contribution in [3.8, 4) is 5.82 Å². The van der Waals surface area contributed by atoms with Gasteiger partial charge in [-0.3, -0.25) is 14.2 Å². The first-order chi connectivity index (χ1) is 13.9. The Bertz CT molecular complexity index is 1090. The molecule has 1 unspecified atom stereocenters. The summed E-state index contributed by atoms with van der Waals surface area (Å²) in [5, 5.41) is 2.82. The fourth-order valence-corrected chi connectivity index (χ4v) is 3.42. The Hall–Kier alpha value is -3.55. The van der Waals surface area contributed by atoms with Crippen LogP contribution in [0.3, 0.4) is 0 Å². The highest BCUT2D eigenvalue weighted by molar-refractivity contribution is 6.03. The SMILES string of the molecule is Cc1ccc(N2CC(C(=O)Nc3cc(-n4ccnc4C)ncn3)CC2=O)cc1C. The van der Waals surface area contributed by atoms with E-state index in [4.69, 9.17) is 0 Å². The number of hydrogen-bond acceptors (Lipinski definition) is 5. The monoisotopic (exact) mass is 390 g/mol. The molecule has 4 rings (SSSR count). The fourth-order valence-electron chi connectivity index (χ4n) is 3.42. The molecule has 29 heavy (non-hydrogen) atoms. The number of nitrogens with zero attached hydrogens (tertiary/aromatic N) is 5. The number of nitrogens with one attached hydrogen (secondary N) is 1. The van der Waals surface area contributed by atoms with Crippen LogP contribution in [0, 0.1) is 26.7 Å². The summed E-state index contributed by atoms with van der Waals surface area (Å²) in [7, 11) is 0. The van der Waals surface area contributed by atoms with Gasteiger partial charge in [-0.1, -0.05) is 6.07 Å². The van der Waals surface area contributed by atoms with Crippen molar-refractivity contribution in [3.63, 3.8) is 0 Å². The van der Waals surface area contributed by atoms with Crippen molar-refractivity contribution in [3.05, 3.63) is 59.9 Å². The molecule has 0 saturated carbocycles. The second-order valence-corrected chi connectivity index (χ2v) is 7.27. The van der Waals surface area contributed by atoms with Gasteiger partial charge < -0.3 is 10.2 Å². The Morgan fingerprint density at radius 1 is 1.10 bits per heavy atom. The molecule has 3 heterocycles. The molecule has 1 aliphatic heterocycles. The highest BCUT2D eigenvalue weighted by Crippen LogP contribution is 2.27. The van der Waals surface area contributed by atoms with Crippen molar-refractivity contribution in [2.75, 3.05) is 16.8 Å². The number of imidazole rings is 1. The molecular formula is C21H22N6O2. The van der Waals surface area contributed by atoms with Gasteiger partial charge in [0.25, 0.3) is 0 Å². The van der Waals surface area contributed by atoms with E-state index >= 15 is 0 Å². The zero-order valence-electron chi connectivity index (χ0n) is 16.6. The molecule has 2 amide bonds. The molecule has 0 aliphatic carbocycles. The lowest BCUT2D eigenvalue weighted by Gasteiger charge is -2.18. The maximum absolute atomic E-state index is 12.8. The van der Waals surface area contributed by atoms with E-state index in [0.717, 1.165) is 17.1 Å². The average Bonchev–Trinajstić information content (AvgIpc) is 3.30. The third-order valence-electron chi connectivity index (χ3n) is 5.27. The summed E-state index contributed by atoms with van der Waals surface area (Å²) < 4.78 is 1.80. The third kappa shape index (κ3) is 3.73. The Morgan fingerprint density at radius 3 is 2.66 bits per heavy atom. The minimum Gasteiger partial charge on any atom is -0.312 e. The summed E-state index contributed by atoms with van der Waals surface area (Å²) in [6.45, 7) is 6.26. The van der Waals surface area contributed by atoms with Crippen LogP contribution in [0.2, 0.25) is 0 Å². The molecule has 0 radical (unpaired) electrons. The van der Waals surface area contributed by atoms with Gasteiger partial charge >= 0.3 is 0 Å². The van der Waals surface area contributed by atoms with Crippen LogP contribution in [0.4, 0.5) is 11.5 Å². The van der Waals surface area contributed by atoms with E-state index in [1.807, 2.05) is 39.0 Å². The molecule has 0 bridgehead atoms. The van der Waals surface area contributed by atoms with E-state index in [1.54, 1.807) is 27.9 Å². The second-order valence-electron chi connectivity index (χ2n) is 7.27. The normalized spacial score (nSPS) is 16.3. The number of hydrogen-bond donors (Lipinski definition) is 1. The molecule has 3 aromatic rings. The van der Waals surface area contributed by atoms with Crippen molar-refractivity contribution < 1.29 is 9.59 Å². The van der Waals surface area contributed by atoms with Gasteiger partial charge in [-0.15, -0.1) is 0 Å². The van der Waals surface area contributed by atoms with Crippen LogP contribution in [0.15, 0.2) is 43.0 Å². The van der Waals surface area contributed by atoms with Crippen LogP contribution in [0.5, 0.6) is 0 Å². The quantitative estimate of drug-likeness (QED) is 0.739. The zero-order valence-corrected chi connectivity index (χ0v) is 16.6. The predicted octanol–water partition coefficient (Wildman–Crippen LogP) is 2.58. The number of carbonyl (C=O) groups is 2. The zero-order chi connectivity index (χ0) is 20.5. The first kappa shape index (κ1) is 18.8. The van der Waals surface area contributed by atoms with Gasteiger partial charge in [-0.25, -0.2) is 15.0 Å². The molecule has 8 heteroatoms. The van der Waals surface area contributed by atoms with E-state index in [9.17, 15) is 9.59 Å². The van der Waals surface area contributed by atoms with Crippen LogP contribution in [0.25, 0.3) is 5.82 Å². The number of rotatable bonds is 4. The number of carbonyl (C=O) groups excluding carboxylic acids is 2. The Balaban J connectivity index is 1.47. The van der Waals surface area contributed by atoms with Crippen LogP contribution < -0.4 is 10.2 Å². The molecule has 1 saturated heterocycles. The summed E-state index contributed by atoms with van der Waals surface area (Å²) in [5.41, 5.74) is 3.11. The van der Waals surface area contributed by atoms with Crippen molar-refractivity contribution in [2.45, 2.75) is 27.2 Å². The van der Waals surface area contributed by atoms with Crippen LogP contribution in [-0.4, -0.2) is 37.9 Å². The Morgan fingerprint density at radius 2 is 1.93 bits per heavy atom. The molecule has 8 nitrogen and oxygen atoms in total. The van der Waals surface area contributed by atoms with Gasteiger partial charge in [0.15, 0.2) is 0 Å². The lowest BCUT2D eigenvalue weighted by atomic mass is 10.1. The first-order valence-electron chi connectivity index (χ1n) is 9.43. The first-order valence-corrected chi connectivity index (χ1v) is 9.43. The van der Waals surface area contributed by atoms with Gasteiger partial charge in [0.05, 0.1) is 5.92 Å². The van der Waals surface area contributed by atoms with Gasteiger partial charge in [-0.05, 0) is 44.0 Å². The summed E-state index contributed by atoms with van der Waals surface area (Å²) in [6, 6.07) is 7.58. The number of aryl methyl sites for hydroxylation is 3. The summed E-state index contributed by atoms with van der Waals surface area (Å²) >= 11 is 0. The van der Waals surface area contributed by atoms with Crippen molar-refractivity contribution in [1.29, 1.82) is 0 Å². The van der Waals surface area contributed by atoms with Crippen LogP contribution in [-0.2, 0) is 9.59 Å². The summed E-state index contributed by atoms with van der Waals surface area (Å²) in [4.78, 5) is 39.5. The van der Waals surface area contributed by atoms with Gasteiger partial charge in [0.2, 0.25) is 11.8 Å². The summed E-state index contributed by atoms with van der Waals surface area (Å²) in [6.07, 6.45) is 5.05. The number of aromatic nitrogens is 4. The maximum atomic E-state index is 12.8. The lowest BCUT2D eigenvalue weighted by Crippen LogP contribution is -2.28. The van der Waals surface area contributed by atoms with Crippen molar-refractivity contribution >= 4 is 23.3 Å². The molecule has 1 atom stereocenters. The smallest absolute Gasteiger partial charge is 0.230 e. The van der Waals surface area contributed by atoms with E-state index < -0.39 is 5.92 Å². The summed E-state index contributed by atoms with van der Waals surface area (Å²) in [5.74, 6) is 1.08. The standard InChI is InChI=1S/C21H22N6O2/c1-13-4-5-17(8-14(13)2)27-11-16(9-20(27)28)21(29)25-18-10-19(24-12-23-18)26-7-6-22-15(26)3/h4-8,10,12,16H,9,11H2,1-3H3,(H,23,24,25,29). The van der Waals surface area contributed by atoms with E-state index in [1.165, 1.54) is 11.9 Å². The number of anilines is 2. The lowest BCUT2D eigenvalue weighted by molar-refractivity contribution is -0.122.